The number of hydrogen-bond donors (Lipinski definition) is 1. The van der Waals surface area contributed by atoms with E-state index in [1.165, 1.54) is 18.2 Å². The fourth-order valence-corrected chi connectivity index (χ4v) is 2.24. The van der Waals surface area contributed by atoms with Crippen molar-refractivity contribution in [1.82, 2.24) is 4.90 Å². The first-order valence-electron chi connectivity index (χ1n) is 7.22. The Morgan fingerprint density at radius 2 is 2.05 bits per heavy atom. The highest BCUT2D eigenvalue weighted by molar-refractivity contribution is 5.91. The SMILES string of the molecule is CC.CCC1(CCN)CC(=O)/C=C/C(F)=C\C=C\N1C. The van der Waals surface area contributed by atoms with Gasteiger partial charge in [0.2, 0.25) is 0 Å². The van der Waals surface area contributed by atoms with Crippen molar-refractivity contribution < 1.29 is 9.18 Å². The predicted octanol–water partition coefficient (Wildman–Crippen LogP) is 3.34. The summed E-state index contributed by atoms with van der Waals surface area (Å²) in [5, 5.41) is 0. The molecule has 4 heteroatoms. The molecular formula is C16H27FN2O. The Bertz CT molecular complexity index is 388. The topological polar surface area (TPSA) is 46.3 Å². The summed E-state index contributed by atoms with van der Waals surface area (Å²) < 4.78 is 13.2. The number of carbonyl (C=O) groups is 1. The van der Waals surface area contributed by atoms with E-state index in [9.17, 15) is 9.18 Å². The van der Waals surface area contributed by atoms with Gasteiger partial charge in [-0.05, 0) is 49.9 Å². The quantitative estimate of drug-likeness (QED) is 0.863. The lowest BCUT2D eigenvalue weighted by Crippen LogP contribution is -2.46. The van der Waals surface area contributed by atoms with E-state index in [0.717, 1.165) is 12.8 Å². The van der Waals surface area contributed by atoms with Crippen molar-refractivity contribution in [3.8, 4) is 0 Å². The molecule has 2 N–H and O–H groups in total. The maximum absolute atomic E-state index is 13.2. The van der Waals surface area contributed by atoms with Crippen molar-refractivity contribution >= 4 is 5.78 Å². The first kappa shape index (κ1) is 18.6. The number of nitrogens with zero attached hydrogens (tertiary/aromatic N) is 1. The summed E-state index contributed by atoms with van der Waals surface area (Å²) >= 11 is 0. The third-order valence-corrected chi connectivity index (χ3v) is 3.51. The third kappa shape index (κ3) is 5.29. The van der Waals surface area contributed by atoms with E-state index < -0.39 is 5.83 Å². The van der Waals surface area contributed by atoms with Gasteiger partial charge in [0.15, 0.2) is 5.78 Å². The van der Waals surface area contributed by atoms with Gasteiger partial charge in [-0.2, -0.15) is 0 Å². The number of carbonyl (C=O) groups excluding carboxylic acids is 1. The average Bonchev–Trinajstić information content (AvgIpc) is 2.45. The molecule has 0 amide bonds. The molecule has 1 aliphatic rings. The first-order valence-corrected chi connectivity index (χ1v) is 7.22. The molecule has 0 radical (unpaired) electrons. The molecule has 1 atom stereocenters. The van der Waals surface area contributed by atoms with E-state index in [0.29, 0.717) is 13.0 Å². The van der Waals surface area contributed by atoms with Crippen LogP contribution in [-0.2, 0) is 4.79 Å². The van der Waals surface area contributed by atoms with Crippen molar-refractivity contribution in [1.29, 1.82) is 0 Å². The van der Waals surface area contributed by atoms with Gasteiger partial charge in [-0.15, -0.1) is 0 Å². The molecule has 0 saturated carbocycles. The van der Waals surface area contributed by atoms with E-state index in [1.54, 1.807) is 12.3 Å². The Morgan fingerprint density at radius 3 is 2.60 bits per heavy atom. The highest BCUT2D eigenvalue weighted by Gasteiger charge is 2.32. The van der Waals surface area contributed by atoms with Crippen molar-refractivity contribution in [3.05, 3.63) is 36.3 Å². The van der Waals surface area contributed by atoms with Crippen LogP contribution in [0.3, 0.4) is 0 Å². The zero-order chi connectivity index (χ0) is 15.6. The zero-order valence-corrected chi connectivity index (χ0v) is 13.0. The Morgan fingerprint density at radius 1 is 1.40 bits per heavy atom. The molecule has 0 spiro atoms. The number of halogens is 1. The lowest BCUT2D eigenvalue weighted by atomic mass is 9.84. The second-order valence-electron chi connectivity index (χ2n) is 4.60. The monoisotopic (exact) mass is 282 g/mol. The van der Waals surface area contributed by atoms with Gasteiger partial charge in [-0.3, -0.25) is 4.79 Å². The fourth-order valence-electron chi connectivity index (χ4n) is 2.24. The molecule has 1 rings (SSSR count). The zero-order valence-electron chi connectivity index (χ0n) is 13.0. The summed E-state index contributed by atoms with van der Waals surface area (Å²) in [6, 6.07) is 0. The average molecular weight is 282 g/mol. The molecule has 0 aromatic heterocycles. The Kier molecular flexibility index (Phi) is 8.81. The molecule has 0 aromatic rings. The van der Waals surface area contributed by atoms with Crippen LogP contribution < -0.4 is 5.73 Å². The highest BCUT2D eigenvalue weighted by Crippen LogP contribution is 2.28. The summed E-state index contributed by atoms with van der Waals surface area (Å²) in [6.45, 7) is 6.56. The molecule has 0 aromatic carbocycles. The summed E-state index contributed by atoms with van der Waals surface area (Å²) in [5.74, 6) is -0.494. The van der Waals surface area contributed by atoms with Crippen molar-refractivity contribution in [2.75, 3.05) is 13.6 Å². The standard InChI is InChI=1S/C14H21FN2O.C2H6/c1-3-14(8-9-16)11-13(18)7-6-12(15)5-4-10-17(14)2;1-2/h4-7,10H,3,8-9,11,16H2,1-2H3;1-2H3/b7-6+,10-4+,12-5+;. The van der Waals surface area contributed by atoms with E-state index in [-0.39, 0.29) is 11.3 Å². The highest BCUT2D eigenvalue weighted by atomic mass is 19.1. The van der Waals surface area contributed by atoms with E-state index in [1.807, 2.05) is 32.7 Å². The number of hydrogen-bond acceptors (Lipinski definition) is 3. The molecule has 0 fully saturated rings. The van der Waals surface area contributed by atoms with Gasteiger partial charge >= 0.3 is 0 Å². The third-order valence-electron chi connectivity index (χ3n) is 3.51. The predicted molar refractivity (Wildman–Crippen MR) is 82.9 cm³/mol. The maximum Gasteiger partial charge on any atom is 0.158 e. The maximum atomic E-state index is 13.2. The van der Waals surface area contributed by atoms with Crippen LogP contribution in [0.4, 0.5) is 4.39 Å². The number of ketones is 1. The lowest BCUT2D eigenvalue weighted by Gasteiger charge is -2.40. The van der Waals surface area contributed by atoms with Gasteiger partial charge < -0.3 is 10.6 Å². The second-order valence-corrected chi connectivity index (χ2v) is 4.60. The minimum Gasteiger partial charge on any atom is -0.374 e. The van der Waals surface area contributed by atoms with E-state index in [2.05, 4.69) is 0 Å². The Hall–Kier alpha value is -1.42. The van der Waals surface area contributed by atoms with Crippen LogP contribution >= 0.6 is 0 Å². The molecule has 3 nitrogen and oxygen atoms in total. The van der Waals surface area contributed by atoms with Crippen molar-refractivity contribution in [3.63, 3.8) is 0 Å². The summed E-state index contributed by atoms with van der Waals surface area (Å²) in [7, 11) is 1.90. The summed E-state index contributed by atoms with van der Waals surface area (Å²) in [6.07, 6.45) is 9.20. The van der Waals surface area contributed by atoms with Gasteiger partial charge in [0.1, 0.15) is 5.83 Å². The minimum absolute atomic E-state index is 0.0731. The van der Waals surface area contributed by atoms with Crippen LogP contribution in [0.1, 0.15) is 40.0 Å². The first-order chi connectivity index (χ1) is 9.54. The molecule has 0 bridgehead atoms. The molecule has 20 heavy (non-hydrogen) atoms. The Balaban J connectivity index is 0.00000172. The van der Waals surface area contributed by atoms with Gasteiger partial charge in [-0.1, -0.05) is 20.8 Å². The lowest BCUT2D eigenvalue weighted by molar-refractivity contribution is -0.117. The smallest absolute Gasteiger partial charge is 0.158 e. The molecule has 0 aliphatic carbocycles. The van der Waals surface area contributed by atoms with Gasteiger partial charge in [0.05, 0.1) is 0 Å². The number of allylic oxidation sites excluding steroid dienone is 5. The van der Waals surface area contributed by atoms with Crippen LogP contribution in [0.2, 0.25) is 0 Å². The summed E-state index contributed by atoms with van der Waals surface area (Å²) in [5.41, 5.74) is 5.37. The molecule has 1 unspecified atom stereocenters. The number of nitrogens with two attached hydrogens (primary N) is 1. The minimum atomic E-state index is -0.421. The van der Waals surface area contributed by atoms with Crippen LogP contribution in [0.25, 0.3) is 0 Å². The summed E-state index contributed by atoms with van der Waals surface area (Å²) in [4.78, 5) is 13.8. The van der Waals surface area contributed by atoms with Gasteiger partial charge in [0, 0.05) is 19.0 Å². The van der Waals surface area contributed by atoms with Gasteiger partial charge in [0.25, 0.3) is 0 Å². The van der Waals surface area contributed by atoms with Gasteiger partial charge in [-0.25, -0.2) is 4.39 Å². The van der Waals surface area contributed by atoms with E-state index in [4.69, 9.17) is 5.73 Å². The van der Waals surface area contributed by atoms with Crippen LogP contribution in [0.5, 0.6) is 0 Å². The largest absolute Gasteiger partial charge is 0.374 e. The van der Waals surface area contributed by atoms with Crippen molar-refractivity contribution in [2.45, 2.75) is 45.6 Å². The molecule has 0 saturated heterocycles. The molecule has 1 aliphatic heterocycles. The van der Waals surface area contributed by atoms with Crippen LogP contribution in [-0.4, -0.2) is 29.8 Å². The van der Waals surface area contributed by atoms with Crippen LogP contribution in [0.15, 0.2) is 36.3 Å². The normalized spacial score (nSPS) is 28.8. The number of rotatable bonds is 3. The second kappa shape index (κ2) is 9.48. The Labute approximate surface area is 122 Å². The van der Waals surface area contributed by atoms with Crippen LogP contribution in [0, 0.1) is 0 Å². The van der Waals surface area contributed by atoms with E-state index >= 15 is 0 Å². The molecular weight excluding hydrogens is 255 g/mol. The van der Waals surface area contributed by atoms with Crippen molar-refractivity contribution in [2.24, 2.45) is 5.73 Å². The molecule has 1 heterocycles. The molecule has 114 valence electrons. The fraction of sp³-hybridized carbons (Fsp3) is 0.562.